The molecule has 0 fully saturated rings. The quantitative estimate of drug-likeness (QED) is 0.762. The third-order valence-electron chi connectivity index (χ3n) is 4.60. The van der Waals surface area contributed by atoms with Crippen molar-refractivity contribution in [3.05, 3.63) is 53.9 Å². The summed E-state index contributed by atoms with van der Waals surface area (Å²) in [7, 11) is 0. The van der Waals surface area contributed by atoms with Gasteiger partial charge in [-0.2, -0.15) is 0 Å². The third kappa shape index (κ3) is 3.93. The monoisotopic (exact) mass is 353 g/mol. The van der Waals surface area contributed by atoms with Crippen LogP contribution in [0.3, 0.4) is 0 Å². The molecule has 2 amide bonds. The molecule has 0 spiro atoms. The summed E-state index contributed by atoms with van der Waals surface area (Å²) in [5, 5.41) is 0. The normalized spacial score (nSPS) is 10.5. The maximum absolute atomic E-state index is 12.9. The Labute approximate surface area is 155 Å². The van der Waals surface area contributed by atoms with Gasteiger partial charge in [0.25, 0.3) is 11.8 Å². The Morgan fingerprint density at radius 1 is 0.769 bits per heavy atom. The van der Waals surface area contributed by atoms with Gasteiger partial charge in [0.05, 0.1) is 5.56 Å². The van der Waals surface area contributed by atoms with E-state index in [1.54, 1.807) is 28.3 Å². The first-order valence-corrected chi connectivity index (χ1v) is 9.20. The number of pyridine rings is 1. The highest BCUT2D eigenvalue weighted by Gasteiger charge is 2.22. The van der Waals surface area contributed by atoms with Gasteiger partial charge in [0.1, 0.15) is 0 Å². The molecule has 0 bridgehead atoms. The summed E-state index contributed by atoms with van der Waals surface area (Å²) in [6.07, 6.45) is 3.29. The summed E-state index contributed by atoms with van der Waals surface area (Å²) in [5.74, 6) is -0.0758. The van der Waals surface area contributed by atoms with Crippen LogP contribution in [-0.4, -0.2) is 52.8 Å². The molecule has 1 heterocycles. The summed E-state index contributed by atoms with van der Waals surface area (Å²) < 4.78 is 0. The number of aromatic nitrogens is 1. The number of hydrogen-bond donors (Lipinski definition) is 0. The summed E-state index contributed by atoms with van der Waals surface area (Å²) in [5.41, 5.74) is 2.61. The largest absolute Gasteiger partial charge is 0.339 e. The van der Waals surface area contributed by atoms with Crippen molar-refractivity contribution in [1.82, 2.24) is 14.8 Å². The molecule has 5 heteroatoms. The molecular formula is C21H27N3O2. The van der Waals surface area contributed by atoms with Gasteiger partial charge in [-0.25, -0.2) is 0 Å². The van der Waals surface area contributed by atoms with Crippen molar-refractivity contribution in [1.29, 1.82) is 0 Å². The van der Waals surface area contributed by atoms with Crippen molar-refractivity contribution < 1.29 is 9.59 Å². The van der Waals surface area contributed by atoms with Crippen LogP contribution >= 0.6 is 0 Å². The average molecular weight is 353 g/mol. The first-order chi connectivity index (χ1) is 12.6. The second kappa shape index (κ2) is 9.13. The van der Waals surface area contributed by atoms with Crippen LogP contribution in [0, 0.1) is 0 Å². The third-order valence-corrected chi connectivity index (χ3v) is 4.60. The molecular weight excluding hydrogens is 326 g/mol. The topological polar surface area (TPSA) is 53.5 Å². The zero-order valence-corrected chi connectivity index (χ0v) is 16.0. The van der Waals surface area contributed by atoms with Crippen LogP contribution < -0.4 is 0 Å². The van der Waals surface area contributed by atoms with Crippen LogP contribution in [0.25, 0.3) is 11.1 Å². The zero-order chi connectivity index (χ0) is 19.1. The molecule has 5 nitrogen and oxygen atoms in total. The Morgan fingerprint density at radius 2 is 1.27 bits per heavy atom. The molecule has 0 saturated heterocycles. The molecule has 0 radical (unpaired) electrons. The Bertz CT molecular complexity index is 700. The lowest BCUT2D eigenvalue weighted by Gasteiger charge is -2.22. The van der Waals surface area contributed by atoms with E-state index in [2.05, 4.69) is 4.98 Å². The van der Waals surface area contributed by atoms with E-state index in [9.17, 15) is 9.59 Å². The van der Waals surface area contributed by atoms with E-state index in [4.69, 9.17) is 0 Å². The minimum Gasteiger partial charge on any atom is -0.339 e. The van der Waals surface area contributed by atoms with Gasteiger partial charge in [0.2, 0.25) is 0 Å². The molecule has 0 N–H and O–H groups in total. The standard InChI is InChI=1S/C21H27N3O2/c1-5-23(6-2)20(25)17-12-10-9-11-16(17)19-15-22-14-13-18(19)21(26)24(7-3)8-4/h9-15H,5-8H2,1-4H3. The van der Waals surface area contributed by atoms with Gasteiger partial charge in [0.15, 0.2) is 0 Å². The first-order valence-electron chi connectivity index (χ1n) is 9.20. The second-order valence-corrected chi connectivity index (χ2v) is 5.92. The molecule has 0 aliphatic carbocycles. The number of amides is 2. The predicted octanol–water partition coefficient (Wildman–Crippen LogP) is 3.71. The highest BCUT2D eigenvalue weighted by Crippen LogP contribution is 2.28. The Kier molecular flexibility index (Phi) is 6.89. The molecule has 0 aliphatic heterocycles. The van der Waals surface area contributed by atoms with Crippen LogP contribution in [0.4, 0.5) is 0 Å². The summed E-state index contributed by atoms with van der Waals surface area (Å²) >= 11 is 0. The van der Waals surface area contributed by atoms with Gasteiger partial charge in [-0.1, -0.05) is 18.2 Å². The molecule has 26 heavy (non-hydrogen) atoms. The summed E-state index contributed by atoms with van der Waals surface area (Å²) in [6.45, 7) is 10.4. The number of carbonyl (C=O) groups excluding carboxylic acids is 2. The number of benzene rings is 1. The van der Waals surface area contributed by atoms with E-state index in [1.807, 2.05) is 52.0 Å². The highest BCUT2D eigenvalue weighted by molar-refractivity contribution is 6.06. The smallest absolute Gasteiger partial charge is 0.254 e. The van der Waals surface area contributed by atoms with Crippen molar-refractivity contribution in [2.75, 3.05) is 26.2 Å². The molecule has 0 unspecified atom stereocenters. The van der Waals surface area contributed by atoms with E-state index in [-0.39, 0.29) is 11.8 Å². The minimum absolute atomic E-state index is 0.0318. The fourth-order valence-corrected chi connectivity index (χ4v) is 3.06. The Morgan fingerprint density at radius 3 is 1.81 bits per heavy atom. The summed E-state index contributed by atoms with van der Waals surface area (Å²) in [6, 6.07) is 9.16. The van der Waals surface area contributed by atoms with E-state index in [0.29, 0.717) is 42.9 Å². The van der Waals surface area contributed by atoms with Crippen LogP contribution in [-0.2, 0) is 0 Å². The molecule has 2 rings (SSSR count). The van der Waals surface area contributed by atoms with Crippen LogP contribution in [0.5, 0.6) is 0 Å². The van der Waals surface area contributed by atoms with Crippen LogP contribution in [0.2, 0.25) is 0 Å². The van der Waals surface area contributed by atoms with Crippen LogP contribution in [0.1, 0.15) is 48.4 Å². The van der Waals surface area contributed by atoms with Gasteiger partial charge in [-0.3, -0.25) is 14.6 Å². The van der Waals surface area contributed by atoms with Crippen molar-refractivity contribution in [2.24, 2.45) is 0 Å². The molecule has 2 aromatic rings. The van der Waals surface area contributed by atoms with E-state index >= 15 is 0 Å². The van der Waals surface area contributed by atoms with Crippen molar-refractivity contribution in [3.8, 4) is 11.1 Å². The van der Waals surface area contributed by atoms with Gasteiger partial charge in [-0.15, -0.1) is 0 Å². The van der Waals surface area contributed by atoms with E-state index in [0.717, 1.165) is 5.56 Å². The predicted molar refractivity (Wildman–Crippen MR) is 104 cm³/mol. The minimum atomic E-state index is -0.0440. The molecule has 0 aliphatic rings. The van der Waals surface area contributed by atoms with Gasteiger partial charge in [0, 0.05) is 49.7 Å². The lowest BCUT2D eigenvalue weighted by molar-refractivity contribution is 0.0763. The molecule has 1 aromatic carbocycles. The number of nitrogens with zero attached hydrogens (tertiary/aromatic N) is 3. The maximum atomic E-state index is 12.9. The lowest BCUT2D eigenvalue weighted by atomic mass is 9.95. The SMILES string of the molecule is CCN(CC)C(=O)c1ccccc1-c1cnccc1C(=O)N(CC)CC. The maximum Gasteiger partial charge on any atom is 0.254 e. The van der Waals surface area contributed by atoms with Crippen molar-refractivity contribution >= 4 is 11.8 Å². The zero-order valence-electron chi connectivity index (χ0n) is 16.0. The lowest BCUT2D eigenvalue weighted by Crippen LogP contribution is -2.32. The Balaban J connectivity index is 2.57. The van der Waals surface area contributed by atoms with Crippen molar-refractivity contribution in [3.63, 3.8) is 0 Å². The molecule has 138 valence electrons. The van der Waals surface area contributed by atoms with Gasteiger partial charge >= 0.3 is 0 Å². The first kappa shape index (κ1) is 19.6. The van der Waals surface area contributed by atoms with Crippen molar-refractivity contribution in [2.45, 2.75) is 27.7 Å². The number of rotatable bonds is 7. The number of hydrogen-bond acceptors (Lipinski definition) is 3. The fourth-order valence-electron chi connectivity index (χ4n) is 3.06. The second-order valence-electron chi connectivity index (χ2n) is 5.92. The van der Waals surface area contributed by atoms with Gasteiger partial charge in [-0.05, 0) is 45.4 Å². The summed E-state index contributed by atoms with van der Waals surface area (Å²) in [4.78, 5) is 33.6. The van der Waals surface area contributed by atoms with Crippen LogP contribution in [0.15, 0.2) is 42.7 Å². The fraction of sp³-hybridized carbons (Fsp3) is 0.381. The van der Waals surface area contributed by atoms with E-state index < -0.39 is 0 Å². The Hall–Kier alpha value is -2.69. The molecule has 0 saturated carbocycles. The molecule has 0 atom stereocenters. The average Bonchev–Trinajstić information content (AvgIpc) is 2.69. The highest BCUT2D eigenvalue weighted by atomic mass is 16.2. The van der Waals surface area contributed by atoms with Gasteiger partial charge < -0.3 is 9.80 Å². The number of carbonyl (C=O) groups is 2. The van der Waals surface area contributed by atoms with E-state index in [1.165, 1.54) is 0 Å². The molecule has 1 aromatic heterocycles.